The highest BCUT2D eigenvalue weighted by molar-refractivity contribution is 5.76. The van der Waals surface area contributed by atoms with Crippen LogP contribution in [-0.2, 0) is 23.9 Å². The topological polar surface area (TPSA) is 84.9 Å². The number of nitrogens with zero attached hydrogens (tertiary/aromatic N) is 1. The molecule has 0 radical (unpaired) electrons. The minimum Gasteiger partial charge on any atom is -0.459 e. The number of ether oxygens (including phenoxy) is 2. The molecule has 1 amide bonds. The van der Waals surface area contributed by atoms with Crippen molar-refractivity contribution in [1.29, 1.82) is 0 Å². The Morgan fingerprint density at radius 1 is 0.788 bits per heavy atom. The molecule has 0 heterocycles. The van der Waals surface area contributed by atoms with E-state index in [1.807, 2.05) is 0 Å². The lowest BCUT2D eigenvalue weighted by Gasteiger charge is -2.26. The van der Waals surface area contributed by atoms with E-state index in [0.717, 1.165) is 44.9 Å². The van der Waals surface area contributed by atoms with Crippen molar-refractivity contribution in [2.24, 2.45) is 0 Å². The number of carbonyl (C=O) groups is 3. The van der Waals surface area contributed by atoms with Crippen molar-refractivity contribution in [3.05, 3.63) is 0 Å². The maximum absolute atomic E-state index is 12.2. The Kier molecular flexibility index (Phi) is 15.5. The van der Waals surface area contributed by atoms with E-state index in [4.69, 9.17) is 15.9 Å². The van der Waals surface area contributed by atoms with Gasteiger partial charge in [0.2, 0.25) is 5.91 Å². The molecule has 7 heteroatoms. The first-order valence-electron chi connectivity index (χ1n) is 12.2. The molecule has 0 unspecified atom stereocenters. The van der Waals surface area contributed by atoms with Gasteiger partial charge >= 0.3 is 11.9 Å². The average Bonchev–Trinajstić information content (AvgIpc) is 2.64. The Morgan fingerprint density at radius 2 is 1.27 bits per heavy atom. The zero-order chi connectivity index (χ0) is 25.3. The van der Waals surface area contributed by atoms with Gasteiger partial charge in [-0.15, -0.1) is 12.3 Å². The molecule has 0 fully saturated rings. The smallest absolute Gasteiger partial charge is 0.320 e. The Morgan fingerprint density at radius 3 is 1.76 bits per heavy atom. The Labute approximate surface area is 201 Å². The van der Waals surface area contributed by atoms with Crippen molar-refractivity contribution in [3.63, 3.8) is 0 Å². The predicted octanol–water partition coefficient (Wildman–Crippen LogP) is 4.23. The maximum Gasteiger partial charge on any atom is 0.320 e. The summed E-state index contributed by atoms with van der Waals surface area (Å²) in [5, 5.41) is 2.92. The molecule has 0 aliphatic heterocycles. The maximum atomic E-state index is 12.2. The summed E-state index contributed by atoms with van der Waals surface area (Å²) < 4.78 is 10.8. The minimum absolute atomic E-state index is 0.00813. The molecular formula is C26H46N2O5. The number of hydrogen-bond donors (Lipinski definition) is 1. The number of hydrogen-bond acceptors (Lipinski definition) is 6. The SMILES string of the molecule is C#CCCCCCCCCC(=O)NCCCN(CC(=O)OC(C)(C)C)CC(=O)OC(C)(C)C. The molecule has 0 saturated heterocycles. The largest absolute Gasteiger partial charge is 0.459 e. The Hall–Kier alpha value is -2.07. The summed E-state index contributed by atoms with van der Waals surface area (Å²) in [7, 11) is 0. The molecule has 1 N–H and O–H groups in total. The van der Waals surface area contributed by atoms with Gasteiger partial charge in [0.15, 0.2) is 0 Å². The molecule has 0 bridgehead atoms. The standard InChI is InChI=1S/C26H46N2O5/c1-8-9-10-11-12-13-14-15-17-22(29)27-18-16-19-28(20-23(30)32-25(2,3)4)21-24(31)33-26(5,6)7/h1H,9-21H2,2-7H3,(H,27,29). The molecule has 190 valence electrons. The lowest BCUT2D eigenvalue weighted by Crippen LogP contribution is -2.41. The fraction of sp³-hybridized carbons (Fsp3) is 0.808. The highest BCUT2D eigenvalue weighted by atomic mass is 16.6. The fourth-order valence-electron chi connectivity index (χ4n) is 3.17. The third kappa shape index (κ3) is 21.5. The summed E-state index contributed by atoms with van der Waals surface area (Å²) in [6.45, 7) is 11.8. The van der Waals surface area contributed by atoms with E-state index in [1.54, 1.807) is 46.4 Å². The van der Waals surface area contributed by atoms with Gasteiger partial charge in [-0.1, -0.05) is 25.7 Å². The lowest BCUT2D eigenvalue weighted by molar-refractivity contribution is -0.160. The van der Waals surface area contributed by atoms with E-state index in [9.17, 15) is 14.4 Å². The van der Waals surface area contributed by atoms with Gasteiger partial charge in [0.25, 0.3) is 0 Å². The van der Waals surface area contributed by atoms with Gasteiger partial charge in [0.05, 0.1) is 13.1 Å². The van der Waals surface area contributed by atoms with Gasteiger partial charge in [0.1, 0.15) is 11.2 Å². The molecule has 0 spiro atoms. The van der Waals surface area contributed by atoms with Crippen LogP contribution in [0.4, 0.5) is 0 Å². The summed E-state index contributed by atoms with van der Waals surface area (Å²) >= 11 is 0. The number of terminal acetylenes is 1. The number of esters is 2. The van der Waals surface area contributed by atoms with Crippen molar-refractivity contribution in [1.82, 2.24) is 10.2 Å². The van der Waals surface area contributed by atoms with Crippen molar-refractivity contribution >= 4 is 17.8 Å². The van der Waals surface area contributed by atoms with Crippen molar-refractivity contribution in [3.8, 4) is 12.3 Å². The van der Waals surface area contributed by atoms with E-state index in [2.05, 4.69) is 11.2 Å². The monoisotopic (exact) mass is 466 g/mol. The number of carbonyl (C=O) groups excluding carboxylic acids is 3. The molecule has 0 aromatic carbocycles. The molecule has 7 nitrogen and oxygen atoms in total. The number of nitrogens with one attached hydrogen (secondary N) is 1. The molecule has 0 aliphatic rings. The van der Waals surface area contributed by atoms with Gasteiger partial charge in [-0.3, -0.25) is 19.3 Å². The average molecular weight is 467 g/mol. The van der Waals surface area contributed by atoms with E-state index >= 15 is 0 Å². The van der Waals surface area contributed by atoms with Crippen LogP contribution in [0.3, 0.4) is 0 Å². The van der Waals surface area contributed by atoms with E-state index < -0.39 is 23.1 Å². The summed E-state index contributed by atoms with van der Waals surface area (Å²) in [5.74, 6) is 1.90. The van der Waals surface area contributed by atoms with Crippen molar-refractivity contribution in [2.75, 3.05) is 26.2 Å². The normalized spacial score (nSPS) is 11.7. The minimum atomic E-state index is -0.593. The van der Waals surface area contributed by atoms with Crippen LogP contribution in [0.1, 0.15) is 99.3 Å². The quantitative estimate of drug-likeness (QED) is 0.208. The first-order valence-corrected chi connectivity index (χ1v) is 12.2. The van der Waals surface area contributed by atoms with Crippen LogP contribution in [0.2, 0.25) is 0 Å². The van der Waals surface area contributed by atoms with Crippen LogP contribution in [0, 0.1) is 12.3 Å². The molecule has 0 aliphatic carbocycles. The number of unbranched alkanes of at least 4 members (excludes halogenated alkanes) is 6. The molecule has 0 aromatic rings. The Balaban J connectivity index is 4.29. The van der Waals surface area contributed by atoms with Gasteiger partial charge < -0.3 is 14.8 Å². The van der Waals surface area contributed by atoms with Gasteiger partial charge in [-0.25, -0.2) is 0 Å². The second-order valence-electron chi connectivity index (χ2n) is 10.4. The fourth-order valence-corrected chi connectivity index (χ4v) is 3.17. The second kappa shape index (κ2) is 16.5. The zero-order valence-electron chi connectivity index (χ0n) is 21.8. The molecular weight excluding hydrogens is 420 g/mol. The van der Waals surface area contributed by atoms with Crippen LogP contribution in [0.5, 0.6) is 0 Å². The summed E-state index contributed by atoms with van der Waals surface area (Å²) in [6.07, 6.45) is 13.7. The molecule has 0 atom stereocenters. The highest BCUT2D eigenvalue weighted by Crippen LogP contribution is 2.10. The van der Waals surface area contributed by atoms with Crippen LogP contribution in [0.15, 0.2) is 0 Å². The van der Waals surface area contributed by atoms with Crippen LogP contribution < -0.4 is 5.32 Å². The lowest BCUT2D eigenvalue weighted by atomic mass is 10.1. The summed E-state index contributed by atoms with van der Waals surface area (Å²) in [6, 6.07) is 0. The Bertz CT molecular complexity index is 596. The van der Waals surface area contributed by atoms with E-state index in [0.29, 0.717) is 25.9 Å². The number of rotatable bonds is 16. The number of amides is 1. The van der Waals surface area contributed by atoms with Crippen LogP contribution in [0.25, 0.3) is 0 Å². The zero-order valence-corrected chi connectivity index (χ0v) is 21.8. The highest BCUT2D eigenvalue weighted by Gasteiger charge is 2.23. The molecule has 0 saturated carbocycles. The van der Waals surface area contributed by atoms with Crippen LogP contribution >= 0.6 is 0 Å². The molecule has 0 aromatic heterocycles. The first kappa shape index (κ1) is 30.9. The molecule has 0 rings (SSSR count). The van der Waals surface area contributed by atoms with E-state index in [1.165, 1.54) is 0 Å². The van der Waals surface area contributed by atoms with Crippen molar-refractivity contribution in [2.45, 2.75) is 111 Å². The van der Waals surface area contributed by atoms with Gasteiger partial charge in [0, 0.05) is 25.9 Å². The summed E-state index contributed by atoms with van der Waals surface area (Å²) in [5.41, 5.74) is -1.19. The predicted molar refractivity (Wildman–Crippen MR) is 132 cm³/mol. The van der Waals surface area contributed by atoms with Crippen molar-refractivity contribution < 1.29 is 23.9 Å². The molecule has 33 heavy (non-hydrogen) atoms. The summed E-state index contributed by atoms with van der Waals surface area (Å²) in [4.78, 5) is 38.2. The second-order valence-corrected chi connectivity index (χ2v) is 10.4. The van der Waals surface area contributed by atoms with E-state index in [-0.39, 0.29) is 19.0 Å². The third-order valence-electron chi connectivity index (χ3n) is 4.49. The van der Waals surface area contributed by atoms with Crippen LogP contribution in [-0.4, -0.2) is 60.1 Å². The first-order chi connectivity index (χ1) is 15.3. The van der Waals surface area contributed by atoms with Gasteiger partial charge in [-0.05, 0) is 60.8 Å². The van der Waals surface area contributed by atoms with Gasteiger partial charge in [-0.2, -0.15) is 0 Å². The third-order valence-corrected chi connectivity index (χ3v) is 4.49.